The number of carboxylic acids is 1. The van der Waals surface area contributed by atoms with Gasteiger partial charge in [-0.1, -0.05) is 0 Å². The first-order valence-corrected chi connectivity index (χ1v) is 4.17. The number of carboxylic acid groups (broad SMARTS) is 1. The average molecular weight is 195 g/mol. The Morgan fingerprint density at radius 3 is 3.21 bits per heavy atom. The maximum absolute atomic E-state index is 10.8. The van der Waals surface area contributed by atoms with Gasteiger partial charge in [0.05, 0.1) is 24.3 Å². The van der Waals surface area contributed by atoms with E-state index in [2.05, 4.69) is 9.97 Å². The zero-order chi connectivity index (χ0) is 10.1. The van der Waals surface area contributed by atoms with Crippen LogP contribution in [0.5, 0.6) is 0 Å². The first-order chi connectivity index (χ1) is 6.72. The first-order valence-electron chi connectivity index (χ1n) is 4.17. The van der Waals surface area contributed by atoms with Crippen LogP contribution in [0.3, 0.4) is 0 Å². The highest BCUT2D eigenvalue weighted by atomic mass is 16.4. The number of rotatable bonds is 2. The highest BCUT2D eigenvalue weighted by Gasteiger charge is 2.31. The van der Waals surface area contributed by atoms with E-state index in [0.717, 1.165) is 11.4 Å². The van der Waals surface area contributed by atoms with Crippen LogP contribution in [0.25, 0.3) is 0 Å². The van der Waals surface area contributed by atoms with Crippen molar-refractivity contribution < 1.29 is 14.7 Å². The number of imidazole rings is 1. The van der Waals surface area contributed by atoms with E-state index in [1.165, 1.54) is 11.2 Å². The fourth-order valence-electron chi connectivity index (χ4n) is 1.60. The number of hydrogen-bond donors (Lipinski definition) is 2. The average Bonchev–Trinajstić information content (AvgIpc) is 2.62. The Labute approximate surface area is 79.6 Å². The number of hydrogen-bond acceptors (Lipinski definition) is 3. The normalized spacial score (nSPS) is 20.3. The van der Waals surface area contributed by atoms with E-state index >= 15 is 0 Å². The number of amides is 1. The van der Waals surface area contributed by atoms with Gasteiger partial charge in [0.1, 0.15) is 6.04 Å². The third-order valence-electron chi connectivity index (χ3n) is 2.36. The maximum Gasteiger partial charge on any atom is 0.326 e. The molecule has 1 aliphatic heterocycles. The maximum atomic E-state index is 10.8. The summed E-state index contributed by atoms with van der Waals surface area (Å²) in [4.78, 5) is 29.6. The van der Waals surface area contributed by atoms with Gasteiger partial charge in [0, 0.05) is 6.42 Å². The lowest BCUT2D eigenvalue weighted by molar-refractivity contribution is -0.147. The molecule has 2 N–H and O–H groups in total. The van der Waals surface area contributed by atoms with Crippen molar-refractivity contribution >= 4 is 12.4 Å². The third kappa shape index (κ3) is 1.24. The molecule has 1 amide bonds. The summed E-state index contributed by atoms with van der Waals surface area (Å²) in [6, 6.07) is -0.789. The van der Waals surface area contributed by atoms with Gasteiger partial charge in [0.25, 0.3) is 0 Å². The molecule has 1 aliphatic rings. The fourth-order valence-corrected chi connectivity index (χ4v) is 1.60. The van der Waals surface area contributed by atoms with E-state index in [1.54, 1.807) is 0 Å². The second-order valence-electron chi connectivity index (χ2n) is 3.16. The first kappa shape index (κ1) is 8.74. The van der Waals surface area contributed by atoms with Crippen molar-refractivity contribution in [2.24, 2.45) is 0 Å². The number of aromatic amines is 1. The summed E-state index contributed by atoms with van der Waals surface area (Å²) in [6.45, 7) is 0.287. The predicted octanol–water partition coefficient (Wildman–Crippen LogP) is -0.623. The number of H-pyrrole nitrogens is 1. The molecule has 14 heavy (non-hydrogen) atoms. The van der Waals surface area contributed by atoms with Gasteiger partial charge in [-0.05, 0) is 0 Å². The molecule has 2 rings (SSSR count). The largest absolute Gasteiger partial charge is 0.480 e. The Morgan fingerprint density at radius 1 is 1.79 bits per heavy atom. The quantitative estimate of drug-likeness (QED) is 0.615. The SMILES string of the molecule is O=CN1Cc2[nH]cnc2CC1C(=O)O. The number of aromatic nitrogens is 2. The van der Waals surface area contributed by atoms with Gasteiger partial charge in [-0.25, -0.2) is 9.78 Å². The molecule has 0 aromatic carbocycles. The summed E-state index contributed by atoms with van der Waals surface area (Å²) in [6.07, 6.45) is 2.34. The Bertz CT molecular complexity index is 374. The van der Waals surface area contributed by atoms with Crippen LogP contribution in [-0.2, 0) is 22.6 Å². The van der Waals surface area contributed by atoms with Crippen LogP contribution in [0.4, 0.5) is 0 Å². The minimum absolute atomic E-state index is 0.271. The molecule has 1 atom stereocenters. The van der Waals surface area contributed by atoms with Crippen LogP contribution in [0, 0.1) is 0 Å². The third-order valence-corrected chi connectivity index (χ3v) is 2.36. The molecule has 1 aromatic rings. The topological polar surface area (TPSA) is 86.3 Å². The van der Waals surface area contributed by atoms with Crippen molar-refractivity contribution in [3.63, 3.8) is 0 Å². The highest BCUT2D eigenvalue weighted by Crippen LogP contribution is 2.18. The molecule has 0 fully saturated rings. The molecule has 0 saturated carbocycles. The number of nitrogens with zero attached hydrogens (tertiary/aromatic N) is 2. The lowest BCUT2D eigenvalue weighted by atomic mass is 10.0. The minimum atomic E-state index is -0.995. The van der Waals surface area contributed by atoms with E-state index in [4.69, 9.17) is 5.11 Å². The van der Waals surface area contributed by atoms with Crippen molar-refractivity contribution in [1.29, 1.82) is 0 Å². The second-order valence-corrected chi connectivity index (χ2v) is 3.16. The Hall–Kier alpha value is -1.85. The molecule has 0 saturated heterocycles. The molecule has 0 spiro atoms. The van der Waals surface area contributed by atoms with Crippen molar-refractivity contribution in [2.75, 3.05) is 0 Å². The number of nitrogens with one attached hydrogen (secondary N) is 1. The molecular weight excluding hydrogens is 186 g/mol. The van der Waals surface area contributed by atoms with E-state index in [-0.39, 0.29) is 13.0 Å². The molecule has 74 valence electrons. The fraction of sp³-hybridized carbons (Fsp3) is 0.375. The van der Waals surface area contributed by atoms with Gasteiger partial charge >= 0.3 is 5.97 Å². The van der Waals surface area contributed by atoms with Crippen molar-refractivity contribution in [2.45, 2.75) is 19.0 Å². The zero-order valence-corrected chi connectivity index (χ0v) is 7.30. The summed E-state index contributed by atoms with van der Waals surface area (Å²) >= 11 is 0. The number of carbonyl (C=O) groups excluding carboxylic acids is 1. The van der Waals surface area contributed by atoms with Gasteiger partial charge in [-0.15, -0.1) is 0 Å². The van der Waals surface area contributed by atoms with Crippen molar-refractivity contribution in [1.82, 2.24) is 14.9 Å². The molecule has 0 radical (unpaired) electrons. The van der Waals surface area contributed by atoms with Gasteiger partial charge in [0.15, 0.2) is 0 Å². The van der Waals surface area contributed by atoms with Crippen LogP contribution < -0.4 is 0 Å². The molecule has 6 heteroatoms. The Morgan fingerprint density at radius 2 is 2.57 bits per heavy atom. The molecular formula is C8H9N3O3. The second kappa shape index (κ2) is 3.13. The van der Waals surface area contributed by atoms with Crippen LogP contribution in [0.1, 0.15) is 11.4 Å². The monoisotopic (exact) mass is 195 g/mol. The Kier molecular flexibility index (Phi) is 1.95. The van der Waals surface area contributed by atoms with Crippen LogP contribution >= 0.6 is 0 Å². The summed E-state index contributed by atoms with van der Waals surface area (Å²) in [5.74, 6) is -0.995. The predicted molar refractivity (Wildman–Crippen MR) is 45.3 cm³/mol. The Balaban J connectivity index is 2.30. The molecule has 0 aliphatic carbocycles. The number of fused-ring (bicyclic) bond motifs is 1. The summed E-state index contributed by atoms with van der Waals surface area (Å²) in [7, 11) is 0. The van der Waals surface area contributed by atoms with Crippen LogP contribution in [0.15, 0.2) is 6.33 Å². The lowest BCUT2D eigenvalue weighted by Crippen LogP contribution is -2.44. The van der Waals surface area contributed by atoms with Crippen molar-refractivity contribution in [3.05, 3.63) is 17.7 Å². The van der Waals surface area contributed by atoms with Crippen LogP contribution in [0.2, 0.25) is 0 Å². The zero-order valence-electron chi connectivity index (χ0n) is 7.30. The van der Waals surface area contributed by atoms with E-state index < -0.39 is 12.0 Å². The van der Waals surface area contributed by atoms with E-state index in [0.29, 0.717) is 6.41 Å². The van der Waals surface area contributed by atoms with Gasteiger partial charge in [-0.3, -0.25) is 4.79 Å². The van der Waals surface area contributed by atoms with E-state index in [1.807, 2.05) is 0 Å². The molecule has 2 heterocycles. The number of aliphatic carboxylic acids is 1. The lowest BCUT2D eigenvalue weighted by Gasteiger charge is -2.28. The molecule has 1 aromatic heterocycles. The van der Waals surface area contributed by atoms with Crippen LogP contribution in [-0.4, -0.2) is 38.4 Å². The minimum Gasteiger partial charge on any atom is -0.480 e. The van der Waals surface area contributed by atoms with Gasteiger partial charge in [0.2, 0.25) is 6.41 Å². The summed E-state index contributed by atoms with van der Waals surface area (Å²) in [5.41, 5.74) is 1.55. The smallest absolute Gasteiger partial charge is 0.326 e. The summed E-state index contributed by atoms with van der Waals surface area (Å²) in [5, 5.41) is 8.86. The number of carbonyl (C=O) groups is 2. The van der Waals surface area contributed by atoms with Gasteiger partial charge < -0.3 is 15.0 Å². The van der Waals surface area contributed by atoms with E-state index in [9.17, 15) is 9.59 Å². The standard InChI is InChI=1S/C8H9N3O3/c12-4-11-2-6-5(9-3-10-6)1-7(11)8(13)14/h3-4,7H,1-2H2,(H,9,10)(H,13,14). The summed E-state index contributed by atoms with van der Waals surface area (Å²) < 4.78 is 0. The highest BCUT2D eigenvalue weighted by molar-refractivity contribution is 5.77. The molecule has 0 bridgehead atoms. The molecule has 6 nitrogen and oxygen atoms in total. The van der Waals surface area contributed by atoms with Gasteiger partial charge in [-0.2, -0.15) is 0 Å². The van der Waals surface area contributed by atoms with Crippen molar-refractivity contribution in [3.8, 4) is 0 Å². The molecule has 1 unspecified atom stereocenters.